The molecule has 3 fully saturated rings. The molecule has 2 amide bonds. The van der Waals surface area contributed by atoms with Crippen LogP contribution in [0.25, 0.3) is 0 Å². The number of hydrogen-bond donors (Lipinski definition) is 3. The zero-order chi connectivity index (χ0) is 21.6. The number of nitrogens with zero attached hydrogens (tertiary/aromatic N) is 2. The third kappa shape index (κ3) is 4.82. The van der Waals surface area contributed by atoms with Crippen molar-refractivity contribution in [3.63, 3.8) is 0 Å². The number of morpholine rings is 1. The Morgan fingerprint density at radius 2 is 2.07 bits per heavy atom. The molecule has 30 heavy (non-hydrogen) atoms. The van der Waals surface area contributed by atoms with Crippen molar-refractivity contribution < 1.29 is 33.8 Å². The highest BCUT2D eigenvalue weighted by molar-refractivity contribution is 5.95. The molecule has 4 heterocycles. The lowest BCUT2D eigenvalue weighted by Gasteiger charge is -2.46. The first-order valence-corrected chi connectivity index (χ1v) is 10.2. The number of carbonyl (C=O) groups is 3. The average Bonchev–Trinajstić information content (AvgIpc) is 3.21. The molecule has 10 nitrogen and oxygen atoms in total. The van der Waals surface area contributed by atoms with Crippen LogP contribution in [0.15, 0.2) is 16.7 Å². The number of piperidine rings is 2. The topological polar surface area (TPSA) is 133 Å². The molecular formula is C20H29N3O7. The third-order valence-corrected chi connectivity index (χ3v) is 5.99. The van der Waals surface area contributed by atoms with Gasteiger partial charge in [0.05, 0.1) is 36.8 Å². The monoisotopic (exact) mass is 423 g/mol. The lowest BCUT2D eigenvalue weighted by Crippen LogP contribution is -2.62. The van der Waals surface area contributed by atoms with Crippen molar-refractivity contribution in [1.82, 2.24) is 15.1 Å². The van der Waals surface area contributed by atoms with E-state index in [0.29, 0.717) is 51.3 Å². The van der Waals surface area contributed by atoms with E-state index >= 15 is 0 Å². The number of carboxylic acid groups (broad SMARTS) is 1. The maximum atomic E-state index is 13.0. The second kappa shape index (κ2) is 10.1. The van der Waals surface area contributed by atoms with E-state index in [2.05, 4.69) is 10.2 Å². The predicted molar refractivity (Wildman–Crippen MR) is 105 cm³/mol. The van der Waals surface area contributed by atoms with Crippen LogP contribution in [0.3, 0.4) is 0 Å². The van der Waals surface area contributed by atoms with Gasteiger partial charge in [0.2, 0.25) is 5.91 Å². The van der Waals surface area contributed by atoms with Crippen LogP contribution < -0.4 is 5.32 Å². The number of furan rings is 1. The Bertz CT molecular complexity index is 747. The van der Waals surface area contributed by atoms with Gasteiger partial charge in [0.15, 0.2) is 0 Å². The minimum Gasteiger partial charge on any atom is -0.483 e. The van der Waals surface area contributed by atoms with Crippen LogP contribution in [-0.2, 0) is 20.9 Å². The fraction of sp³-hybridized carbons (Fsp3) is 0.650. The van der Waals surface area contributed by atoms with Crippen molar-refractivity contribution >= 4 is 18.3 Å². The largest absolute Gasteiger partial charge is 0.483 e. The molecule has 10 heteroatoms. The molecule has 0 unspecified atom stereocenters. The molecule has 0 radical (unpaired) electrons. The van der Waals surface area contributed by atoms with Gasteiger partial charge in [0, 0.05) is 32.7 Å². The molecular weight excluding hydrogens is 394 g/mol. The molecule has 4 rings (SSSR count). The number of amides is 2. The first-order valence-electron chi connectivity index (χ1n) is 10.2. The van der Waals surface area contributed by atoms with Gasteiger partial charge in [-0.25, -0.2) is 0 Å². The quantitative estimate of drug-likeness (QED) is 0.575. The standard InChI is InChI=1S/C19H27N3O5.CH2O2/c23-16-2-5-22(13-19(16)3-1-4-20-18(19)25)17(24)14-10-15(27-12-14)11-21-6-8-26-9-7-21;2-1-3/h10,12,16,23H,1-9,11,13H2,(H,20,25);1H,(H,2,3)/t16-,19-;/m1./s1. The number of ether oxygens (including phenoxy) is 1. The van der Waals surface area contributed by atoms with Crippen molar-refractivity contribution in [3.05, 3.63) is 23.7 Å². The number of hydrogen-bond acceptors (Lipinski definition) is 7. The number of carbonyl (C=O) groups excluding carboxylic acids is 2. The summed E-state index contributed by atoms with van der Waals surface area (Å²) in [6, 6.07) is 1.79. The van der Waals surface area contributed by atoms with Gasteiger partial charge in [0.1, 0.15) is 12.0 Å². The summed E-state index contributed by atoms with van der Waals surface area (Å²) >= 11 is 0. The SMILES string of the molecule is O=C(c1coc(CN2CCOCC2)c1)N1CC[C@@H](O)[C@@]2(CCCNC2=O)C1.O=CO. The van der Waals surface area contributed by atoms with Crippen LogP contribution in [0.4, 0.5) is 0 Å². The predicted octanol–water partition coefficient (Wildman–Crippen LogP) is -0.0842. The van der Waals surface area contributed by atoms with Crippen LogP contribution in [0.1, 0.15) is 35.4 Å². The molecule has 2 atom stereocenters. The van der Waals surface area contributed by atoms with Crippen LogP contribution >= 0.6 is 0 Å². The Morgan fingerprint density at radius 1 is 1.33 bits per heavy atom. The van der Waals surface area contributed by atoms with Gasteiger partial charge in [-0.05, 0) is 25.3 Å². The number of rotatable bonds is 3. The van der Waals surface area contributed by atoms with Crippen molar-refractivity contribution in [2.45, 2.75) is 31.9 Å². The first-order chi connectivity index (χ1) is 14.5. The Balaban J connectivity index is 0.000000806. The molecule has 1 aromatic heterocycles. The van der Waals surface area contributed by atoms with Crippen molar-refractivity contribution in [1.29, 1.82) is 0 Å². The molecule has 166 valence electrons. The van der Waals surface area contributed by atoms with E-state index in [9.17, 15) is 14.7 Å². The van der Waals surface area contributed by atoms with Gasteiger partial charge >= 0.3 is 0 Å². The molecule has 3 saturated heterocycles. The summed E-state index contributed by atoms with van der Waals surface area (Å²) in [6.07, 6.45) is 2.63. The van der Waals surface area contributed by atoms with E-state index in [-0.39, 0.29) is 24.8 Å². The number of aliphatic hydroxyl groups excluding tert-OH is 1. The van der Waals surface area contributed by atoms with Gasteiger partial charge in [-0.3, -0.25) is 19.3 Å². The maximum absolute atomic E-state index is 13.0. The highest BCUT2D eigenvalue weighted by atomic mass is 16.5. The normalized spacial score (nSPS) is 27.2. The van der Waals surface area contributed by atoms with Gasteiger partial charge in [-0.2, -0.15) is 0 Å². The zero-order valence-corrected chi connectivity index (χ0v) is 16.9. The van der Waals surface area contributed by atoms with E-state index in [1.165, 1.54) is 6.26 Å². The van der Waals surface area contributed by atoms with Crippen molar-refractivity contribution in [2.75, 3.05) is 45.9 Å². The highest BCUT2D eigenvalue weighted by Crippen LogP contribution is 2.37. The molecule has 0 saturated carbocycles. The van der Waals surface area contributed by atoms with Crippen molar-refractivity contribution in [3.8, 4) is 0 Å². The Kier molecular flexibility index (Phi) is 7.46. The van der Waals surface area contributed by atoms with Crippen LogP contribution in [0, 0.1) is 5.41 Å². The first kappa shape index (κ1) is 22.3. The summed E-state index contributed by atoms with van der Waals surface area (Å²) in [5.74, 6) is 0.470. The summed E-state index contributed by atoms with van der Waals surface area (Å²) in [5, 5.41) is 20.2. The fourth-order valence-corrected chi connectivity index (χ4v) is 4.35. The Labute approximate surface area is 174 Å². The van der Waals surface area contributed by atoms with Gasteiger partial charge < -0.3 is 29.6 Å². The highest BCUT2D eigenvalue weighted by Gasteiger charge is 2.50. The fourth-order valence-electron chi connectivity index (χ4n) is 4.35. The lowest BCUT2D eigenvalue weighted by molar-refractivity contribution is -0.147. The van der Waals surface area contributed by atoms with E-state index in [0.717, 1.165) is 25.3 Å². The van der Waals surface area contributed by atoms with Crippen LogP contribution in [0.5, 0.6) is 0 Å². The Hall–Kier alpha value is -2.43. The van der Waals surface area contributed by atoms with E-state index in [1.807, 2.05) is 0 Å². The van der Waals surface area contributed by atoms with E-state index < -0.39 is 11.5 Å². The molecule has 1 spiro atoms. The second-order valence-corrected chi connectivity index (χ2v) is 7.84. The number of nitrogens with one attached hydrogen (secondary N) is 1. The number of likely N-dealkylation sites (tertiary alicyclic amines) is 1. The summed E-state index contributed by atoms with van der Waals surface area (Å²) in [6.45, 7) is 4.87. The van der Waals surface area contributed by atoms with Gasteiger partial charge in [-0.1, -0.05) is 0 Å². The molecule has 1 aromatic rings. The van der Waals surface area contributed by atoms with Gasteiger partial charge in [0.25, 0.3) is 12.4 Å². The van der Waals surface area contributed by atoms with Crippen LogP contribution in [0.2, 0.25) is 0 Å². The number of aliphatic hydroxyl groups is 1. The van der Waals surface area contributed by atoms with Crippen molar-refractivity contribution in [2.24, 2.45) is 5.41 Å². The van der Waals surface area contributed by atoms with Gasteiger partial charge in [-0.15, -0.1) is 0 Å². The Morgan fingerprint density at radius 3 is 2.77 bits per heavy atom. The average molecular weight is 423 g/mol. The van der Waals surface area contributed by atoms with Crippen LogP contribution in [-0.4, -0.2) is 90.3 Å². The minimum atomic E-state index is -0.882. The van der Waals surface area contributed by atoms with E-state index in [1.54, 1.807) is 11.0 Å². The molecule has 3 aliphatic rings. The molecule has 3 N–H and O–H groups in total. The molecule has 0 aliphatic carbocycles. The molecule has 0 bridgehead atoms. The summed E-state index contributed by atoms with van der Waals surface area (Å²) in [7, 11) is 0. The second-order valence-electron chi connectivity index (χ2n) is 7.84. The third-order valence-electron chi connectivity index (χ3n) is 5.99. The molecule has 0 aromatic carbocycles. The molecule has 3 aliphatic heterocycles. The summed E-state index contributed by atoms with van der Waals surface area (Å²) < 4.78 is 10.9. The lowest BCUT2D eigenvalue weighted by atomic mass is 9.71. The maximum Gasteiger partial charge on any atom is 0.290 e. The van der Waals surface area contributed by atoms with E-state index in [4.69, 9.17) is 19.1 Å². The summed E-state index contributed by atoms with van der Waals surface area (Å²) in [4.78, 5) is 37.7. The smallest absolute Gasteiger partial charge is 0.290 e. The minimum absolute atomic E-state index is 0.140. The zero-order valence-electron chi connectivity index (χ0n) is 16.9. The summed E-state index contributed by atoms with van der Waals surface area (Å²) in [5.41, 5.74) is -0.381.